The van der Waals surface area contributed by atoms with Crippen LogP contribution in [0.5, 0.6) is 0 Å². The van der Waals surface area contributed by atoms with Gasteiger partial charge < -0.3 is 10.2 Å². The van der Waals surface area contributed by atoms with Crippen molar-refractivity contribution in [3.63, 3.8) is 0 Å². The number of alkyl halides is 3. The van der Waals surface area contributed by atoms with Crippen LogP contribution in [-0.2, 0) is 32.3 Å². The van der Waals surface area contributed by atoms with Gasteiger partial charge >= 0.3 is 6.18 Å². The van der Waals surface area contributed by atoms with Gasteiger partial charge in [-0.3, -0.25) is 13.9 Å². The summed E-state index contributed by atoms with van der Waals surface area (Å²) in [5.41, 5.74) is -0.504. The Balaban J connectivity index is 2.14. The van der Waals surface area contributed by atoms with E-state index < -0.39 is 56.9 Å². The van der Waals surface area contributed by atoms with E-state index in [9.17, 15) is 31.2 Å². The molecule has 0 aliphatic carbocycles. The summed E-state index contributed by atoms with van der Waals surface area (Å²) in [6.45, 7) is 5.52. The van der Waals surface area contributed by atoms with Crippen LogP contribution in [0.25, 0.3) is 0 Å². The number of aryl methyl sites for hydroxylation is 1. The molecule has 0 fully saturated rings. The number of carbonyl (C=O) groups is 2. The number of halogens is 6. The molecule has 0 aliphatic rings. The Labute approximate surface area is 263 Å². The maximum Gasteiger partial charge on any atom is 0.417 e. The summed E-state index contributed by atoms with van der Waals surface area (Å²) in [4.78, 5) is 27.8. The second kappa shape index (κ2) is 13.8. The number of hydrogen-bond acceptors (Lipinski definition) is 4. The molecule has 7 nitrogen and oxygen atoms in total. The predicted molar refractivity (Wildman–Crippen MR) is 162 cm³/mol. The molecule has 2 amide bonds. The van der Waals surface area contributed by atoms with Crippen LogP contribution in [0.2, 0.25) is 15.1 Å². The number of anilines is 1. The average Bonchev–Trinajstić information content (AvgIpc) is 2.91. The van der Waals surface area contributed by atoms with E-state index in [1.54, 1.807) is 26.8 Å². The lowest BCUT2D eigenvalue weighted by Crippen LogP contribution is -2.52. The first-order valence-electron chi connectivity index (χ1n) is 12.9. The van der Waals surface area contributed by atoms with Gasteiger partial charge in [0.25, 0.3) is 10.0 Å². The van der Waals surface area contributed by atoms with Crippen LogP contribution in [0, 0.1) is 6.92 Å². The number of carbonyl (C=O) groups excluding carboxylic acids is 2. The maximum absolute atomic E-state index is 13.9. The monoisotopic (exact) mass is 677 g/mol. The molecule has 43 heavy (non-hydrogen) atoms. The zero-order chi connectivity index (χ0) is 32.3. The van der Waals surface area contributed by atoms with E-state index in [-0.39, 0.29) is 27.5 Å². The molecule has 0 heterocycles. The second-order valence-electron chi connectivity index (χ2n) is 10.1. The summed E-state index contributed by atoms with van der Waals surface area (Å²) in [5.74, 6) is -1.39. The van der Waals surface area contributed by atoms with Crippen LogP contribution in [0.1, 0.15) is 37.5 Å². The minimum absolute atomic E-state index is 0.185. The minimum Gasteiger partial charge on any atom is -0.352 e. The Bertz CT molecular complexity index is 1600. The van der Waals surface area contributed by atoms with E-state index in [2.05, 4.69) is 5.32 Å². The summed E-state index contributed by atoms with van der Waals surface area (Å²) < 4.78 is 69.6. The molecule has 3 aromatic rings. The SMILES string of the molecule is Cc1ccc(S(=O)(=O)N(CC(=O)N(Cc2ccc(Cl)c(Cl)c2)[C@@H](C)C(=O)NC(C)C)c2ccc(Cl)c(C(F)(F)F)c2)cc1. The van der Waals surface area contributed by atoms with Gasteiger partial charge in [-0.15, -0.1) is 0 Å². The molecular weight excluding hydrogens is 650 g/mol. The zero-order valence-corrected chi connectivity index (χ0v) is 26.6. The number of benzene rings is 3. The molecule has 3 aromatic carbocycles. The van der Waals surface area contributed by atoms with Crippen LogP contribution >= 0.6 is 34.8 Å². The summed E-state index contributed by atoms with van der Waals surface area (Å²) in [5, 5.41) is 2.51. The van der Waals surface area contributed by atoms with Gasteiger partial charge in [-0.05, 0) is 75.7 Å². The lowest BCUT2D eigenvalue weighted by atomic mass is 10.1. The van der Waals surface area contributed by atoms with E-state index >= 15 is 0 Å². The van der Waals surface area contributed by atoms with Crippen molar-refractivity contribution < 1.29 is 31.2 Å². The third kappa shape index (κ3) is 8.56. The minimum atomic E-state index is -4.90. The molecule has 0 unspecified atom stereocenters. The average molecular weight is 679 g/mol. The fraction of sp³-hybridized carbons (Fsp3) is 0.310. The standard InChI is InChI=1S/C29H29Cl3F3N3O4S/c1-17(2)36-28(40)19(4)37(15-20-7-11-25(31)26(32)13-20)27(39)16-38(43(41,42)22-9-5-18(3)6-10-22)21-8-12-24(30)23(14-21)29(33,34)35/h5-14,17,19H,15-16H2,1-4H3,(H,36,40)/t19-/m0/s1. The lowest BCUT2D eigenvalue weighted by Gasteiger charge is -2.32. The first-order chi connectivity index (χ1) is 19.9. The molecule has 1 N–H and O–H groups in total. The topological polar surface area (TPSA) is 86.8 Å². The van der Waals surface area contributed by atoms with Gasteiger partial charge in [0.05, 0.1) is 31.2 Å². The molecular formula is C29H29Cl3F3N3O4S. The van der Waals surface area contributed by atoms with Gasteiger partial charge in [-0.2, -0.15) is 13.2 Å². The summed E-state index contributed by atoms with van der Waals surface area (Å²) in [6, 6.07) is 11.4. The van der Waals surface area contributed by atoms with E-state index in [0.29, 0.717) is 15.9 Å². The quantitative estimate of drug-likeness (QED) is 0.248. The highest BCUT2D eigenvalue weighted by atomic mass is 35.5. The van der Waals surface area contributed by atoms with Gasteiger partial charge in [0.1, 0.15) is 12.6 Å². The summed E-state index contributed by atoms with van der Waals surface area (Å²) in [6.07, 6.45) is -4.90. The van der Waals surface area contributed by atoms with Crippen LogP contribution in [0.4, 0.5) is 18.9 Å². The van der Waals surface area contributed by atoms with Gasteiger partial charge in [-0.1, -0.05) is 58.6 Å². The Hall–Kier alpha value is -2.99. The number of hydrogen-bond donors (Lipinski definition) is 1. The van der Waals surface area contributed by atoms with Crippen molar-refractivity contribution >= 4 is 62.3 Å². The first-order valence-corrected chi connectivity index (χ1v) is 15.5. The number of rotatable bonds is 10. The smallest absolute Gasteiger partial charge is 0.352 e. The summed E-state index contributed by atoms with van der Waals surface area (Å²) >= 11 is 18.0. The Kier molecular flexibility index (Phi) is 11.0. The molecule has 0 aliphatic heterocycles. The third-order valence-corrected chi connectivity index (χ3v) is 9.22. The Morgan fingerprint density at radius 3 is 2.05 bits per heavy atom. The van der Waals surface area contributed by atoms with Gasteiger partial charge in [0, 0.05) is 12.6 Å². The van der Waals surface area contributed by atoms with Crippen molar-refractivity contribution in [2.75, 3.05) is 10.8 Å². The second-order valence-corrected chi connectivity index (χ2v) is 13.2. The van der Waals surface area contributed by atoms with Crippen LogP contribution in [0.15, 0.2) is 65.6 Å². The normalized spacial score (nSPS) is 12.6. The first kappa shape index (κ1) is 34.5. The van der Waals surface area contributed by atoms with Crippen molar-refractivity contribution in [3.8, 4) is 0 Å². The molecule has 0 saturated heterocycles. The van der Waals surface area contributed by atoms with Crippen LogP contribution in [-0.4, -0.2) is 43.8 Å². The van der Waals surface area contributed by atoms with E-state index in [0.717, 1.165) is 22.6 Å². The number of amides is 2. The Morgan fingerprint density at radius 1 is 0.884 bits per heavy atom. The lowest BCUT2D eigenvalue weighted by molar-refractivity contribution is -0.139. The molecule has 0 bridgehead atoms. The fourth-order valence-electron chi connectivity index (χ4n) is 4.07. The highest BCUT2D eigenvalue weighted by molar-refractivity contribution is 7.92. The maximum atomic E-state index is 13.9. The molecule has 14 heteroatoms. The van der Waals surface area contributed by atoms with E-state index in [1.807, 2.05) is 0 Å². The molecule has 0 radical (unpaired) electrons. The van der Waals surface area contributed by atoms with Crippen molar-refractivity contribution in [1.82, 2.24) is 10.2 Å². The van der Waals surface area contributed by atoms with Crippen molar-refractivity contribution in [1.29, 1.82) is 0 Å². The molecule has 232 valence electrons. The highest BCUT2D eigenvalue weighted by Gasteiger charge is 2.37. The molecule has 3 rings (SSSR count). The van der Waals surface area contributed by atoms with Crippen LogP contribution < -0.4 is 9.62 Å². The molecule has 0 spiro atoms. The largest absolute Gasteiger partial charge is 0.417 e. The third-order valence-electron chi connectivity index (χ3n) is 6.37. The van der Waals surface area contributed by atoms with Crippen molar-refractivity contribution in [2.45, 2.75) is 57.4 Å². The van der Waals surface area contributed by atoms with Crippen molar-refractivity contribution in [2.24, 2.45) is 0 Å². The number of sulfonamides is 1. The predicted octanol–water partition coefficient (Wildman–Crippen LogP) is 7.11. The number of nitrogens with zero attached hydrogens (tertiary/aromatic N) is 2. The van der Waals surface area contributed by atoms with Gasteiger partial charge in [0.15, 0.2) is 0 Å². The molecule has 1 atom stereocenters. The zero-order valence-electron chi connectivity index (χ0n) is 23.5. The van der Waals surface area contributed by atoms with E-state index in [4.69, 9.17) is 34.8 Å². The molecule has 0 aromatic heterocycles. The van der Waals surface area contributed by atoms with Gasteiger partial charge in [0.2, 0.25) is 11.8 Å². The summed E-state index contributed by atoms with van der Waals surface area (Å²) in [7, 11) is -4.59. The van der Waals surface area contributed by atoms with Crippen molar-refractivity contribution in [3.05, 3.63) is 92.4 Å². The highest BCUT2D eigenvalue weighted by Crippen LogP contribution is 2.38. The van der Waals surface area contributed by atoms with Crippen LogP contribution in [0.3, 0.4) is 0 Å². The molecule has 0 saturated carbocycles. The Morgan fingerprint density at radius 2 is 1.49 bits per heavy atom. The van der Waals surface area contributed by atoms with E-state index in [1.165, 1.54) is 43.3 Å². The number of nitrogens with one attached hydrogen (secondary N) is 1. The van der Waals surface area contributed by atoms with Gasteiger partial charge in [-0.25, -0.2) is 8.42 Å². The fourth-order valence-corrected chi connectivity index (χ4v) is 6.03.